The van der Waals surface area contributed by atoms with Crippen LogP contribution in [0.3, 0.4) is 0 Å². The summed E-state index contributed by atoms with van der Waals surface area (Å²) in [5.41, 5.74) is 3.27. The molecule has 6 nitrogen and oxygen atoms in total. The van der Waals surface area contributed by atoms with Crippen LogP contribution in [0.15, 0.2) is 112 Å². The number of morpholine rings is 1. The zero-order chi connectivity index (χ0) is 29.0. The van der Waals surface area contributed by atoms with E-state index in [2.05, 4.69) is 41.3 Å². The first-order valence-electron chi connectivity index (χ1n) is 14.5. The molecular weight excluding hydrogens is 538 g/mol. The summed E-state index contributed by atoms with van der Waals surface area (Å²) in [6.07, 6.45) is 4.29. The zero-order valence-electron chi connectivity index (χ0n) is 23.7. The van der Waals surface area contributed by atoms with Gasteiger partial charge in [-0.25, -0.2) is 4.79 Å². The fraction of sp³-hybridized carbons (Fsp3) is 0.162. The van der Waals surface area contributed by atoms with Crippen LogP contribution < -0.4 is 20.0 Å². The monoisotopic (exact) mass is 567 g/mol. The van der Waals surface area contributed by atoms with E-state index in [1.165, 1.54) is 0 Å². The Balaban J connectivity index is 1.39. The highest BCUT2D eigenvalue weighted by Gasteiger charge is 2.39. The number of nitrogens with zero attached hydrogens (tertiary/aromatic N) is 1. The van der Waals surface area contributed by atoms with Crippen molar-refractivity contribution >= 4 is 44.3 Å². The summed E-state index contributed by atoms with van der Waals surface area (Å²) >= 11 is 0. The van der Waals surface area contributed by atoms with Crippen LogP contribution in [0, 0.1) is 0 Å². The maximum absolute atomic E-state index is 13.2. The van der Waals surface area contributed by atoms with Crippen LogP contribution in [0.5, 0.6) is 11.5 Å². The van der Waals surface area contributed by atoms with E-state index in [1.54, 1.807) is 7.11 Å². The number of rotatable bonds is 4. The van der Waals surface area contributed by atoms with Crippen LogP contribution in [0.25, 0.3) is 38.6 Å². The number of ether oxygens (including phenoxy) is 3. The lowest BCUT2D eigenvalue weighted by atomic mass is 9.82. The second-order valence-electron chi connectivity index (χ2n) is 11.0. The van der Waals surface area contributed by atoms with Gasteiger partial charge in [0.25, 0.3) is 0 Å². The van der Waals surface area contributed by atoms with Crippen LogP contribution in [-0.2, 0) is 10.3 Å². The highest BCUT2D eigenvalue weighted by Crippen LogP contribution is 2.49. The smallest absolute Gasteiger partial charge is 0.344 e. The highest BCUT2D eigenvalue weighted by atomic mass is 16.5. The first-order chi connectivity index (χ1) is 21.2. The van der Waals surface area contributed by atoms with Crippen LogP contribution in [0.4, 0.5) is 5.69 Å². The number of benzene rings is 5. The second kappa shape index (κ2) is 10.0. The van der Waals surface area contributed by atoms with Gasteiger partial charge in [-0.15, -0.1) is 0 Å². The molecule has 0 amide bonds. The summed E-state index contributed by atoms with van der Waals surface area (Å²) in [6, 6.07) is 32.2. The van der Waals surface area contributed by atoms with Gasteiger partial charge >= 0.3 is 5.63 Å². The molecule has 212 valence electrons. The lowest BCUT2D eigenvalue weighted by molar-refractivity contribution is 0.122. The van der Waals surface area contributed by atoms with Gasteiger partial charge in [0, 0.05) is 46.2 Å². The minimum atomic E-state index is -0.949. The Bertz CT molecular complexity index is 2090. The average Bonchev–Trinajstić information content (AvgIpc) is 3.08. The SMILES string of the molecule is COc1ccc(C2(c3ccc(N4CCOCC4)cc3)C=Cc3c(c4c5ccccc5c(=O)oc4c4ccccc34)O2)cc1. The number of hydrogen-bond acceptors (Lipinski definition) is 6. The van der Waals surface area contributed by atoms with Crippen molar-refractivity contribution in [2.75, 3.05) is 38.3 Å². The van der Waals surface area contributed by atoms with Gasteiger partial charge in [-0.1, -0.05) is 66.7 Å². The van der Waals surface area contributed by atoms with E-state index in [0.717, 1.165) is 76.0 Å². The fourth-order valence-corrected chi connectivity index (χ4v) is 6.51. The van der Waals surface area contributed by atoms with Crippen molar-refractivity contribution in [1.29, 1.82) is 0 Å². The van der Waals surface area contributed by atoms with Crippen LogP contribution in [0.2, 0.25) is 0 Å². The topological polar surface area (TPSA) is 61.1 Å². The summed E-state index contributed by atoms with van der Waals surface area (Å²) in [5.74, 6) is 1.45. The normalized spacial score (nSPS) is 18.1. The second-order valence-corrected chi connectivity index (χ2v) is 11.0. The highest BCUT2D eigenvalue weighted by molar-refractivity contribution is 6.19. The van der Waals surface area contributed by atoms with Crippen molar-refractivity contribution in [1.82, 2.24) is 0 Å². The Labute approximate surface area is 248 Å². The standard InChI is InChI=1S/C37H29NO5/c1-40-27-16-12-25(13-17-27)37(24-10-14-26(15-11-24)38-20-22-41-23-21-38)19-18-31-28-6-2-4-8-30(28)34-33(35(31)43-37)29-7-3-5-9-32(29)36(39)42-34/h2-19H,20-23H2,1H3. The van der Waals surface area contributed by atoms with E-state index in [-0.39, 0.29) is 5.63 Å². The number of methoxy groups -OCH3 is 1. The van der Waals surface area contributed by atoms with Crippen molar-refractivity contribution in [3.05, 3.63) is 130 Å². The quantitative estimate of drug-likeness (QED) is 0.165. The summed E-state index contributed by atoms with van der Waals surface area (Å²) in [7, 11) is 1.67. The zero-order valence-corrected chi connectivity index (χ0v) is 23.7. The maximum Gasteiger partial charge on any atom is 0.344 e. The van der Waals surface area contributed by atoms with E-state index in [9.17, 15) is 4.79 Å². The lowest BCUT2D eigenvalue weighted by Crippen LogP contribution is -2.36. The fourth-order valence-electron chi connectivity index (χ4n) is 6.51. The first kappa shape index (κ1) is 25.6. The van der Waals surface area contributed by atoms with Crippen molar-refractivity contribution in [2.45, 2.75) is 5.60 Å². The van der Waals surface area contributed by atoms with Crippen molar-refractivity contribution in [3.63, 3.8) is 0 Å². The number of fused-ring (bicyclic) bond motifs is 8. The lowest BCUT2D eigenvalue weighted by Gasteiger charge is -2.37. The molecule has 43 heavy (non-hydrogen) atoms. The molecule has 8 rings (SSSR count). The van der Waals surface area contributed by atoms with Gasteiger partial charge < -0.3 is 23.5 Å². The Morgan fingerprint density at radius 2 is 1.37 bits per heavy atom. The van der Waals surface area contributed by atoms with Crippen LogP contribution >= 0.6 is 0 Å². The predicted molar refractivity (Wildman–Crippen MR) is 170 cm³/mol. The molecule has 1 fully saturated rings. The van der Waals surface area contributed by atoms with Crippen molar-refractivity contribution in [3.8, 4) is 11.5 Å². The van der Waals surface area contributed by atoms with E-state index >= 15 is 0 Å². The third-order valence-corrected chi connectivity index (χ3v) is 8.71. The Hall–Kier alpha value is -5.07. The van der Waals surface area contributed by atoms with Gasteiger partial charge in [0.15, 0.2) is 11.2 Å². The molecule has 2 aliphatic heterocycles. The van der Waals surface area contributed by atoms with Crippen LogP contribution in [0.1, 0.15) is 16.7 Å². The molecule has 1 atom stereocenters. The molecule has 0 N–H and O–H groups in total. The molecule has 2 aliphatic rings. The average molecular weight is 568 g/mol. The minimum absolute atomic E-state index is 0.361. The molecule has 0 radical (unpaired) electrons. The van der Waals surface area contributed by atoms with Gasteiger partial charge in [0.05, 0.1) is 31.1 Å². The van der Waals surface area contributed by atoms with Gasteiger partial charge in [-0.3, -0.25) is 0 Å². The molecule has 5 aromatic carbocycles. The Morgan fingerprint density at radius 3 is 2.07 bits per heavy atom. The van der Waals surface area contributed by atoms with Gasteiger partial charge in [0.2, 0.25) is 0 Å². The van der Waals surface area contributed by atoms with Crippen molar-refractivity contribution in [2.24, 2.45) is 0 Å². The summed E-state index contributed by atoms with van der Waals surface area (Å²) < 4.78 is 24.4. The Morgan fingerprint density at radius 1 is 0.744 bits per heavy atom. The molecular formula is C37H29NO5. The first-order valence-corrected chi connectivity index (χ1v) is 14.5. The molecule has 6 aromatic rings. The van der Waals surface area contributed by atoms with E-state index in [1.807, 2.05) is 72.8 Å². The largest absolute Gasteiger partial charge is 0.497 e. The third-order valence-electron chi connectivity index (χ3n) is 8.71. The summed E-state index contributed by atoms with van der Waals surface area (Å²) in [4.78, 5) is 15.5. The molecule has 1 unspecified atom stereocenters. The van der Waals surface area contributed by atoms with Gasteiger partial charge in [-0.05, 0) is 47.9 Å². The van der Waals surface area contributed by atoms with Crippen molar-refractivity contribution < 1.29 is 18.6 Å². The number of anilines is 1. The molecule has 0 spiro atoms. The molecule has 0 aliphatic carbocycles. The summed E-state index contributed by atoms with van der Waals surface area (Å²) in [6.45, 7) is 3.19. The predicted octanol–water partition coefficient (Wildman–Crippen LogP) is 7.29. The summed E-state index contributed by atoms with van der Waals surface area (Å²) in [5, 5.41) is 3.95. The molecule has 3 heterocycles. The van der Waals surface area contributed by atoms with E-state index < -0.39 is 5.60 Å². The van der Waals surface area contributed by atoms with Gasteiger partial charge in [-0.2, -0.15) is 0 Å². The maximum atomic E-state index is 13.2. The molecule has 0 bridgehead atoms. The Kier molecular flexibility index (Phi) is 5.98. The van der Waals surface area contributed by atoms with Crippen LogP contribution in [-0.4, -0.2) is 33.4 Å². The molecule has 6 heteroatoms. The molecule has 0 saturated carbocycles. The minimum Gasteiger partial charge on any atom is -0.497 e. The van der Waals surface area contributed by atoms with E-state index in [4.69, 9.17) is 18.6 Å². The third kappa shape index (κ3) is 4.02. The van der Waals surface area contributed by atoms with Gasteiger partial charge in [0.1, 0.15) is 11.5 Å². The molecule has 1 saturated heterocycles. The van der Waals surface area contributed by atoms with E-state index in [0.29, 0.717) is 16.7 Å². The molecule has 1 aromatic heterocycles. The number of hydrogen-bond donors (Lipinski definition) is 0.